The first-order valence-electron chi connectivity index (χ1n) is 9.59. The monoisotopic (exact) mass is 483 g/mol. The third kappa shape index (κ3) is 5.39. The van der Waals surface area contributed by atoms with Crippen LogP contribution in [0.15, 0.2) is 69.1 Å². The molecule has 2 heterocycles. The van der Waals surface area contributed by atoms with Gasteiger partial charge in [-0.15, -0.1) is 5.10 Å². The highest BCUT2D eigenvalue weighted by atomic mass is 35.5. The number of methoxy groups -OCH3 is 2. The second-order valence-electron chi connectivity index (χ2n) is 6.70. The van der Waals surface area contributed by atoms with E-state index in [9.17, 15) is 9.90 Å². The lowest BCUT2D eigenvalue weighted by Gasteiger charge is -2.06. The Morgan fingerprint density at radius 2 is 1.85 bits per heavy atom. The SMILES string of the molecule is COc1cc(OC)cc(-c2nc(S/C(=C\c3ccc(-c4cccc(Cl)c4)o3)C(=O)O)n[nH]2)c1. The van der Waals surface area contributed by atoms with Crippen LogP contribution in [0.3, 0.4) is 0 Å². The van der Waals surface area contributed by atoms with Crippen LogP contribution in [-0.4, -0.2) is 40.5 Å². The van der Waals surface area contributed by atoms with E-state index in [1.54, 1.807) is 56.7 Å². The highest BCUT2D eigenvalue weighted by Gasteiger charge is 2.16. The van der Waals surface area contributed by atoms with Crippen molar-refractivity contribution < 1.29 is 23.8 Å². The van der Waals surface area contributed by atoms with Crippen molar-refractivity contribution in [2.45, 2.75) is 5.16 Å². The first kappa shape index (κ1) is 22.5. The number of H-pyrrole nitrogens is 1. The predicted octanol–water partition coefficient (Wildman–Crippen LogP) is 5.62. The number of hydrogen-bond donors (Lipinski definition) is 2. The molecule has 8 nitrogen and oxygen atoms in total. The molecular weight excluding hydrogens is 466 g/mol. The van der Waals surface area contributed by atoms with Crippen molar-refractivity contribution in [2.24, 2.45) is 0 Å². The van der Waals surface area contributed by atoms with Gasteiger partial charge in [0.2, 0.25) is 5.16 Å². The van der Waals surface area contributed by atoms with E-state index in [4.69, 9.17) is 25.5 Å². The number of furan rings is 1. The fourth-order valence-electron chi connectivity index (χ4n) is 2.96. The largest absolute Gasteiger partial charge is 0.497 e. The van der Waals surface area contributed by atoms with E-state index in [-0.39, 0.29) is 10.1 Å². The number of benzene rings is 2. The minimum atomic E-state index is -1.13. The summed E-state index contributed by atoms with van der Waals surface area (Å²) in [7, 11) is 3.10. The highest BCUT2D eigenvalue weighted by molar-refractivity contribution is 8.04. The lowest BCUT2D eigenvalue weighted by atomic mass is 10.2. The van der Waals surface area contributed by atoms with Crippen LogP contribution in [0.2, 0.25) is 5.02 Å². The average Bonchev–Trinajstić information content (AvgIpc) is 3.48. The van der Waals surface area contributed by atoms with Gasteiger partial charge in [0.05, 0.1) is 14.2 Å². The first-order chi connectivity index (χ1) is 15.9. The van der Waals surface area contributed by atoms with E-state index in [1.165, 1.54) is 6.08 Å². The van der Waals surface area contributed by atoms with Crippen molar-refractivity contribution in [3.05, 3.63) is 70.3 Å². The number of ether oxygens (including phenoxy) is 2. The van der Waals surface area contributed by atoms with E-state index in [0.29, 0.717) is 39.4 Å². The molecule has 0 aliphatic carbocycles. The number of hydrogen-bond acceptors (Lipinski definition) is 7. The normalized spacial score (nSPS) is 11.4. The zero-order valence-electron chi connectivity index (χ0n) is 17.5. The zero-order valence-corrected chi connectivity index (χ0v) is 19.1. The van der Waals surface area contributed by atoms with Crippen LogP contribution in [0.4, 0.5) is 0 Å². The number of carboxylic acid groups (broad SMARTS) is 1. The van der Waals surface area contributed by atoms with Gasteiger partial charge in [-0.3, -0.25) is 5.10 Å². The van der Waals surface area contributed by atoms with Crippen LogP contribution in [0.1, 0.15) is 5.76 Å². The summed E-state index contributed by atoms with van der Waals surface area (Å²) in [6, 6.07) is 15.9. The Hall–Kier alpha value is -3.69. The van der Waals surface area contributed by atoms with Crippen LogP contribution in [0.5, 0.6) is 11.5 Å². The van der Waals surface area contributed by atoms with Gasteiger partial charge >= 0.3 is 5.97 Å². The minimum Gasteiger partial charge on any atom is -0.497 e. The molecule has 2 aromatic carbocycles. The smallest absolute Gasteiger partial charge is 0.342 e. The Morgan fingerprint density at radius 1 is 1.09 bits per heavy atom. The molecule has 0 radical (unpaired) electrons. The van der Waals surface area contributed by atoms with Crippen molar-refractivity contribution >= 4 is 35.4 Å². The Bertz CT molecular complexity index is 1310. The van der Waals surface area contributed by atoms with Gasteiger partial charge in [-0.1, -0.05) is 23.7 Å². The van der Waals surface area contributed by atoms with E-state index in [2.05, 4.69) is 15.2 Å². The van der Waals surface area contributed by atoms with Crippen molar-refractivity contribution in [2.75, 3.05) is 14.2 Å². The van der Waals surface area contributed by atoms with Gasteiger partial charge in [-0.2, -0.15) is 0 Å². The summed E-state index contributed by atoms with van der Waals surface area (Å²) in [5.74, 6) is 1.45. The molecule has 2 aromatic heterocycles. The number of thioether (sulfide) groups is 1. The topological polar surface area (TPSA) is 110 Å². The average molecular weight is 484 g/mol. The molecule has 4 rings (SSSR count). The summed E-state index contributed by atoms with van der Waals surface area (Å²) in [6.45, 7) is 0. The predicted molar refractivity (Wildman–Crippen MR) is 126 cm³/mol. The van der Waals surface area contributed by atoms with Crippen LogP contribution < -0.4 is 9.47 Å². The fourth-order valence-corrected chi connectivity index (χ4v) is 3.83. The summed E-state index contributed by atoms with van der Waals surface area (Å²) in [5, 5.41) is 17.4. The number of carboxylic acids is 1. The van der Waals surface area contributed by atoms with Crippen molar-refractivity contribution in [3.63, 3.8) is 0 Å². The number of carbonyl (C=O) groups is 1. The fraction of sp³-hybridized carbons (Fsp3) is 0.0870. The quantitative estimate of drug-likeness (QED) is 0.245. The molecule has 0 saturated carbocycles. The molecule has 0 atom stereocenters. The molecule has 0 bridgehead atoms. The van der Waals surface area contributed by atoms with Crippen molar-refractivity contribution in [1.29, 1.82) is 0 Å². The Balaban J connectivity index is 1.57. The molecule has 0 aliphatic rings. The van der Waals surface area contributed by atoms with Crippen molar-refractivity contribution in [3.8, 4) is 34.2 Å². The molecule has 168 valence electrons. The minimum absolute atomic E-state index is 0.00392. The van der Waals surface area contributed by atoms with Gasteiger partial charge in [0.1, 0.15) is 27.9 Å². The number of rotatable bonds is 8. The van der Waals surface area contributed by atoms with Crippen LogP contribution >= 0.6 is 23.4 Å². The molecule has 0 spiro atoms. The van der Waals surface area contributed by atoms with Crippen LogP contribution in [-0.2, 0) is 4.79 Å². The Labute approximate surface area is 198 Å². The van der Waals surface area contributed by atoms with Gasteiger partial charge in [0.25, 0.3) is 0 Å². The maximum atomic E-state index is 11.8. The second kappa shape index (κ2) is 9.85. The number of halogens is 1. The third-order valence-electron chi connectivity index (χ3n) is 4.51. The molecule has 33 heavy (non-hydrogen) atoms. The number of aliphatic carboxylic acids is 1. The van der Waals surface area contributed by atoms with Crippen molar-refractivity contribution in [1.82, 2.24) is 15.2 Å². The lowest BCUT2D eigenvalue weighted by Crippen LogP contribution is -1.97. The summed E-state index contributed by atoms with van der Waals surface area (Å²) in [5.41, 5.74) is 1.47. The maximum Gasteiger partial charge on any atom is 0.342 e. The molecule has 0 fully saturated rings. The summed E-state index contributed by atoms with van der Waals surface area (Å²) in [4.78, 5) is 16.2. The molecular formula is C23H18ClN3O5S. The van der Waals surface area contributed by atoms with Crippen LogP contribution in [0, 0.1) is 0 Å². The first-order valence-corrected chi connectivity index (χ1v) is 10.8. The summed E-state index contributed by atoms with van der Waals surface area (Å²) in [6.07, 6.45) is 1.42. The standard InChI is InChI=1S/C23H18ClN3O5S/c1-30-17-9-14(10-18(11-17)31-2)21-25-23(27-26-21)33-20(22(28)29)12-16-6-7-19(32-16)13-4-3-5-15(24)8-13/h3-12H,1-2H3,(H,28,29)(H,25,26,27)/b20-12-. The molecule has 4 aromatic rings. The Morgan fingerprint density at radius 3 is 2.52 bits per heavy atom. The van der Waals surface area contributed by atoms with Gasteiger partial charge in [0.15, 0.2) is 5.82 Å². The number of aromatic amines is 1. The van der Waals surface area contributed by atoms with Gasteiger partial charge in [-0.25, -0.2) is 9.78 Å². The molecule has 0 amide bonds. The number of nitrogens with one attached hydrogen (secondary N) is 1. The molecule has 0 saturated heterocycles. The Kier molecular flexibility index (Phi) is 6.71. The molecule has 2 N–H and O–H groups in total. The second-order valence-corrected chi connectivity index (χ2v) is 8.14. The molecule has 0 unspecified atom stereocenters. The van der Waals surface area contributed by atoms with E-state index in [0.717, 1.165) is 17.3 Å². The van der Waals surface area contributed by atoms with E-state index in [1.807, 2.05) is 12.1 Å². The summed E-state index contributed by atoms with van der Waals surface area (Å²) >= 11 is 6.93. The van der Waals surface area contributed by atoms with E-state index >= 15 is 0 Å². The zero-order chi connectivity index (χ0) is 23.4. The lowest BCUT2D eigenvalue weighted by molar-refractivity contribution is -0.131. The summed E-state index contributed by atoms with van der Waals surface area (Å²) < 4.78 is 16.3. The molecule has 10 heteroatoms. The maximum absolute atomic E-state index is 11.8. The van der Waals surface area contributed by atoms with Gasteiger partial charge < -0.3 is 19.0 Å². The third-order valence-corrected chi connectivity index (χ3v) is 5.62. The van der Waals surface area contributed by atoms with Gasteiger partial charge in [0, 0.05) is 28.3 Å². The number of nitrogens with zero attached hydrogens (tertiary/aromatic N) is 2. The number of aromatic nitrogens is 3. The highest BCUT2D eigenvalue weighted by Crippen LogP contribution is 2.32. The molecule has 0 aliphatic heterocycles. The van der Waals surface area contributed by atoms with Crippen LogP contribution in [0.25, 0.3) is 28.8 Å². The van der Waals surface area contributed by atoms with E-state index < -0.39 is 5.97 Å². The van der Waals surface area contributed by atoms with Gasteiger partial charge in [-0.05, 0) is 48.2 Å².